The van der Waals surface area contributed by atoms with Gasteiger partial charge in [0.15, 0.2) is 0 Å². The van der Waals surface area contributed by atoms with E-state index in [0.717, 1.165) is 52.1 Å². The number of fused-ring (bicyclic) bond motifs is 2. The van der Waals surface area contributed by atoms with Crippen molar-refractivity contribution in [1.29, 1.82) is 0 Å². The first-order valence-corrected chi connectivity index (χ1v) is 10.9. The largest absolute Gasteiger partial charge is 0.382 e. The van der Waals surface area contributed by atoms with Crippen LogP contribution in [0.25, 0.3) is 33.4 Å². The molecule has 6 heteroatoms. The maximum atomic E-state index is 9.98. The molecule has 29 heavy (non-hydrogen) atoms. The molecule has 0 saturated carbocycles. The Kier molecular flexibility index (Phi) is 4.81. The van der Waals surface area contributed by atoms with Crippen LogP contribution in [-0.4, -0.2) is 30.3 Å². The number of aliphatic hydroxyl groups excluding tert-OH is 1. The predicted octanol–water partition coefficient (Wildman–Crippen LogP) is 4.93. The van der Waals surface area contributed by atoms with Crippen LogP contribution in [0.4, 0.5) is 0 Å². The zero-order valence-corrected chi connectivity index (χ0v) is 17.1. The van der Waals surface area contributed by atoms with Crippen LogP contribution in [0.3, 0.4) is 0 Å². The van der Waals surface area contributed by atoms with Gasteiger partial charge in [0.25, 0.3) is 0 Å². The van der Waals surface area contributed by atoms with E-state index in [2.05, 4.69) is 38.9 Å². The molecule has 1 aliphatic heterocycles. The summed E-state index contributed by atoms with van der Waals surface area (Å²) in [5, 5.41) is 16.0. The van der Waals surface area contributed by atoms with Crippen LogP contribution in [0.15, 0.2) is 59.8 Å². The normalized spacial score (nSPS) is 14.3. The zero-order chi connectivity index (χ0) is 19.8. The van der Waals surface area contributed by atoms with Crippen molar-refractivity contribution >= 4 is 22.7 Å². The van der Waals surface area contributed by atoms with Crippen LogP contribution >= 0.6 is 11.8 Å². The molecule has 1 atom stereocenters. The number of hydrogen-bond acceptors (Lipinski definition) is 5. The standard InChI is InChI=1S/C23H22N4OS/c1-2-21(28)29-15-8-9-16-17(10-12-25-19(16)14-15)22-20-7-5-13-27(20)26-23(22)18-6-3-4-11-24-18/h3-4,6,8-12,14,21,28H,2,5,7,13H2,1H3. The summed E-state index contributed by atoms with van der Waals surface area (Å²) in [6, 6.07) is 14.3. The molecule has 4 heterocycles. The van der Waals surface area contributed by atoms with Crippen molar-refractivity contribution < 1.29 is 5.11 Å². The Morgan fingerprint density at radius 2 is 2.07 bits per heavy atom. The van der Waals surface area contributed by atoms with Crippen molar-refractivity contribution in [2.75, 3.05) is 0 Å². The van der Waals surface area contributed by atoms with Crippen LogP contribution in [-0.2, 0) is 13.0 Å². The van der Waals surface area contributed by atoms with Gasteiger partial charge in [0.1, 0.15) is 11.1 Å². The number of thioether (sulfide) groups is 1. The number of nitrogens with zero attached hydrogens (tertiary/aromatic N) is 4. The third-order valence-electron chi connectivity index (χ3n) is 5.35. The molecule has 146 valence electrons. The summed E-state index contributed by atoms with van der Waals surface area (Å²) in [6.07, 6.45) is 6.54. The molecule has 0 bridgehead atoms. The van der Waals surface area contributed by atoms with E-state index < -0.39 is 5.44 Å². The first-order chi connectivity index (χ1) is 14.2. The molecule has 0 fully saturated rings. The summed E-state index contributed by atoms with van der Waals surface area (Å²) in [4.78, 5) is 10.2. The van der Waals surface area contributed by atoms with Gasteiger partial charge < -0.3 is 5.11 Å². The lowest BCUT2D eigenvalue weighted by Gasteiger charge is -2.11. The minimum atomic E-state index is -0.398. The molecule has 0 saturated heterocycles. The molecule has 4 aromatic rings. The molecule has 5 nitrogen and oxygen atoms in total. The van der Waals surface area contributed by atoms with Gasteiger partial charge in [-0.05, 0) is 55.2 Å². The minimum absolute atomic E-state index is 0.398. The molecular formula is C23H22N4OS. The first-order valence-electron chi connectivity index (χ1n) is 9.99. The van der Waals surface area contributed by atoms with Crippen molar-refractivity contribution in [3.05, 3.63) is 60.6 Å². The molecule has 0 radical (unpaired) electrons. The lowest BCUT2D eigenvalue weighted by molar-refractivity contribution is 0.259. The second-order valence-corrected chi connectivity index (χ2v) is 8.48. The number of aryl methyl sites for hydroxylation is 1. The summed E-state index contributed by atoms with van der Waals surface area (Å²) in [5.41, 5.74) is 5.96. The summed E-state index contributed by atoms with van der Waals surface area (Å²) in [7, 11) is 0. The van der Waals surface area contributed by atoms with E-state index in [9.17, 15) is 5.11 Å². The van der Waals surface area contributed by atoms with E-state index in [0.29, 0.717) is 6.42 Å². The average molecular weight is 403 g/mol. The lowest BCUT2D eigenvalue weighted by Crippen LogP contribution is -1.97. The quantitative estimate of drug-likeness (QED) is 0.379. The fourth-order valence-electron chi connectivity index (χ4n) is 3.96. The van der Waals surface area contributed by atoms with Crippen LogP contribution < -0.4 is 0 Å². The molecule has 3 aromatic heterocycles. The van der Waals surface area contributed by atoms with E-state index in [-0.39, 0.29) is 0 Å². The Morgan fingerprint density at radius 1 is 1.14 bits per heavy atom. The highest BCUT2D eigenvalue weighted by atomic mass is 32.2. The third-order valence-corrected chi connectivity index (χ3v) is 6.49. The number of benzene rings is 1. The van der Waals surface area contributed by atoms with Crippen molar-refractivity contribution in [2.45, 2.75) is 43.1 Å². The Labute approximate surface area is 173 Å². The summed E-state index contributed by atoms with van der Waals surface area (Å²) in [5.74, 6) is 0. The van der Waals surface area contributed by atoms with Gasteiger partial charge >= 0.3 is 0 Å². The fourth-order valence-corrected chi connectivity index (χ4v) is 4.76. The van der Waals surface area contributed by atoms with Crippen LogP contribution in [0.2, 0.25) is 0 Å². The fraction of sp³-hybridized carbons (Fsp3) is 0.261. The van der Waals surface area contributed by atoms with Crippen LogP contribution in [0.5, 0.6) is 0 Å². The summed E-state index contributed by atoms with van der Waals surface area (Å²) < 4.78 is 2.13. The Balaban J connectivity index is 1.68. The third kappa shape index (κ3) is 3.32. The second kappa shape index (κ2) is 7.61. The highest BCUT2D eigenvalue weighted by Gasteiger charge is 2.25. The van der Waals surface area contributed by atoms with Crippen LogP contribution in [0, 0.1) is 0 Å². The molecule has 0 spiro atoms. The van der Waals surface area contributed by atoms with Crippen LogP contribution in [0.1, 0.15) is 25.5 Å². The van der Waals surface area contributed by atoms with E-state index in [1.165, 1.54) is 23.0 Å². The SMILES string of the molecule is CCC(O)Sc1ccc2c(-c3c(-c4ccccn4)nn4c3CCC4)ccnc2c1. The monoisotopic (exact) mass is 402 g/mol. The molecular weight excluding hydrogens is 380 g/mol. The van der Waals surface area contributed by atoms with Crippen molar-refractivity contribution in [3.8, 4) is 22.5 Å². The zero-order valence-electron chi connectivity index (χ0n) is 16.2. The number of rotatable bonds is 5. The minimum Gasteiger partial charge on any atom is -0.382 e. The second-order valence-electron chi connectivity index (χ2n) is 7.23. The van der Waals surface area contributed by atoms with Gasteiger partial charge in [-0.25, -0.2) is 0 Å². The predicted molar refractivity (Wildman–Crippen MR) is 117 cm³/mol. The smallest absolute Gasteiger partial charge is 0.119 e. The van der Waals surface area contributed by atoms with Gasteiger partial charge in [-0.15, -0.1) is 0 Å². The Bertz CT molecular complexity index is 1170. The number of pyridine rings is 2. The van der Waals surface area contributed by atoms with E-state index >= 15 is 0 Å². The van der Waals surface area contributed by atoms with Crippen molar-refractivity contribution in [3.63, 3.8) is 0 Å². The summed E-state index contributed by atoms with van der Waals surface area (Å²) in [6.45, 7) is 2.93. The maximum absolute atomic E-state index is 9.98. The molecule has 5 rings (SSSR count). The van der Waals surface area contributed by atoms with Gasteiger partial charge in [0.05, 0.1) is 11.2 Å². The van der Waals surface area contributed by atoms with E-state index in [1.54, 1.807) is 0 Å². The first kappa shape index (κ1) is 18.3. The number of aromatic nitrogens is 4. The van der Waals surface area contributed by atoms with Crippen molar-refractivity contribution in [2.24, 2.45) is 0 Å². The topological polar surface area (TPSA) is 63.8 Å². The van der Waals surface area contributed by atoms with Gasteiger partial charge in [0.2, 0.25) is 0 Å². The number of hydrogen-bond donors (Lipinski definition) is 1. The van der Waals surface area contributed by atoms with Gasteiger partial charge in [-0.3, -0.25) is 14.6 Å². The molecule has 0 aliphatic carbocycles. The molecule has 1 aromatic carbocycles. The highest BCUT2D eigenvalue weighted by molar-refractivity contribution is 7.99. The van der Waals surface area contributed by atoms with Crippen molar-refractivity contribution in [1.82, 2.24) is 19.7 Å². The van der Waals surface area contributed by atoms with E-state index in [1.807, 2.05) is 37.5 Å². The molecule has 1 aliphatic rings. The lowest BCUT2D eigenvalue weighted by atomic mass is 9.97. The summed E-state index contributed by atoms with van der Waals surface area (Å²) >= 11 is 1.47. The molecule has 1 N–H and O–H groups in total. The van der Waals surface area contributed by atoms with Gasteiger partial charge in [0, 0.05) is 40.5 Å². The molecule has 0 amide bonds. The van der Waals surface area contributed by atoms with Gasteiger partial charge in [-0.1, -0.05) is 30.8 Å². The maximum Gasteiger partial charge on any atom is 0.119 e. The van der Waals surface area contributed by atoms with Gasteiger partial charge in [-0.2, -0.15) is 5.10 Å². The highest BCUT2D eigenvalue weighted by Crippen LogP contribution is 2.40. The Morgan fingerprint density at radius 3 is 2.90 bits per heavy atom. The van der Waals surface area contributed by atoms with E-state index in [4.69, 9.17) is 5.10 Å². The average Bonchev–Trinajstić information content (AvgIpc) is 3.35. The Hall–Kier alpha value is -2.70. The molecule has 1 unspecified atom stereocenters. The number of aliphatic hydroxyl groups is 1.